The molecule has 0 unspecified atom stereocenters. The predicted molar refractivity (Wildman–Crippen MR) is 39.3 cm³/mol. The van der Waals surface area contributed by atoms with E-state index in [1.54, 1.807) is 0 Å². The molecule has 0 bridgehead atoms. The van der Waals surface area contributed by atoms with E-state index in [1.807, 2.05) is 0 Å². The van der Waals surface area contributed by atoms with Crippen LogP contribution in [0.3, 0.4) is 0 Å². The van der Waals surface area contributed by atoms with Crippen molar-refractivity contribution in [3.8, 4) is 0 Å². The number of pyridine rings is 1. The molecule has 0 saturated heterocycles. The summed E-state index contributed by atoms with van der Waals surface area (Å²) in [6.45, 7) is 0. The van der Waals surface area contributed by atoms with Crippen molar-refractivity contribution in [3.63, 3.8) is 0 Å². The standard InChI is InChI=1S/C7H3ClF3NO/c8-5(13)3-1-4(6(9)10)7(11)12-2-3/h1-2,6H. The Hall–Kier alpha value is -1.10. The number of halogens is 4. The Labute approximate surface area is 76.3 Å². The highest BCUT2D eigenvalue weighted by Crippen LogP contribution is 2.21. The third-order valence-corrected chi connectivity index (χ3v) is 1.55. The Morgan fingerprint density at radius 2 is 2.15 bits per heavy atom. The molecule has 1 rings (SSSR count). The van der Waals surface area contributed by atoms with Crippen LogP contribution in [0.1, 0.15) is 22.3 Å². The van der Waals surface area contributed by atoms with Crippen LogP contribution < -0.4 is 0 Å². The SMILES string of the molecule is O=C(Cl)c1cnc(F)c(C(F)F)c1. The third-order valence-electron chi connectivity index (χ3n) is 1.33. The van der Waals surface area contributed by atoms with Crippen molar-refractivity contribution in [2.75, 3.05) is 0 Å². The molecule has 1 aromatic rings. The second-order valence-corrected chi connectivity index (χ2v) is 2.52. The van der Waals surface area contributed by atoms with Crippen LogP contribution in [0.25, 0.3) is 0 Å². The minimum atomic E-state index is -3.01. The second kappa shape index (κ2) is 3.74. The molecule has 0 amide bonds. The molecule has 1 aromatic heterocycles. The first-order chi connectivity index (χ1) is 6.02. The van der Waals surface area contributed by atoms with Crippen LogP contribution in [0.4, 0.5) is 13.2 Å². The van der Waals surface area contributed by atoms with E-state index in [2.05, 4.69) is 4.98 Å². The number of nitrogens with zero attached hydrogens (tertiary/aromatic N) is 1. The Bertz CT molecular complexity index is 343. The summed E-state index contributed by atoms with van der Waals surface area (Å²) in [5, 5.41) is -0.950. The summed E-state index contributed by atoms with van der Waals surface area (Å²) in [5.74, 6) is -1.29. The van der Waals surface area contributed by atoms with E-state index in [-0.39, 0.29) is 5.56 Å². The van der Waals surface area contributed by atoms with Gasteiger partial charge in [-0.2, -0.15) is 4.39 Å². The summed E-state index contributed by atoms with van der Waals surface area (Å²) < 4.78 is 36.6. The van der Waals surface area contributed by atoms with E-state index in [0.29, 0.717) is 6.07 Å². The van der Waals surface area contributed by atoms with Gasteiger partial charge < -0.3 is 0 Å². The van der Waals surface area contributed by atoms with Crippen LogP contribution in [0, 0.1) is 5.95 Å². The van der Waals surface area contributed by atoms with Crippen LogP contribution in [0.2, 0.25) is 0 Å². The average molecular weight is 210 g/mol. The van der Waals surface area contributed by atoms with E-state index in [1.165, 1.54) is 0 Å². The summed E-state index contributed by atoms with van der Waals surface area (Å²) in [6, 6.07) is 0.683. The lowest BCUT2D eigenvalue weighted by atomic mass is 10.2. The first kappa shape index (κ1) is 9.98. The van der Waals surface area contributed by atoms with Gasteiger partial charge in [0.05, 0.1) is 11.1 Å². The topological polar surface area (TPSA) is 30.0 Å². The fraction of sp³-hybridized carbons (Fsp3) is 0.143. The molecule has 0 saturated carbocycles. The molecule has 6 heteroatoms. The molecule has 13 heavy (non-hydrogen) atoms. The first-order valence-electron chi connectivity index (χ1n) is 3.16. The normalized spacial score (nSPS) is 10.5. The summed E-state index contributed by atoms with van der Waals surface area (Å²) in [7, 11) is 0. The molecule has 0 aliphatic carbocycles. The molecular weight excluding hydrogens is 207 g/mol. The number of hydrogen-bond acceptors (Lipinski definition) is 2. The van der Waals surface area contributed by atoms with Gasteiger partial charge >= 0.3 is 0 Å². The maximum Gasteiger partial charge on any atom is 0.268 e. The van der Waals surface area contributed by atoms with Crippen LogP contribution in [0.15, 0.2) is 12.3 Å². The van der Waals surface area contributed by atoms with Gasteiger partial charge in [0.1, 0.15) is 0 Å². The maximum absolute atomic E-state index is 12.5. The maximum atomic E-state index is 12.5. The fourth-order valence-corrected chi connectivity index (χ4v) is 0.829. The monoisotopic (exact) mass is 209 g/mol. The van der Waals surface area contributed by atoms with Crippen LogP contribution in [-0.4, -0.2) is 10.2 Å². The first-order valence-corrected chi connectivity index (χ1v) is 3.53. The zero-order chi connectivity index (χ0) is 10.0. The fourth-order valence-electron chi connectivity index (χ4n) is 0.726. The van der Waals surface area contributed by atoms with E-state index in [0.717, 1.165) is 6.20 Å². The average Bonchev–Trinajstić information content (AvgIpc) is 2.04. The van der Waals surface area contributed by atoms with Gasteiger partial charge in [-0.3, -0.25) is 4.79 Å². The molecule has 0 aliphatic rings. The lowest BCUT2D eigenvalue weighted by molar-refractivity contribution is 0.108. The summed E-state index contributed by atoms with van der Waals surface area (Å²) in [5.41, 5.74) is -1.18. The molecule has 2 nitrogen and oxygen atoms in total. The Morgan fingerprint density at radius 3 is 2.62 bits per heavy atom. The zero-order valence-electron chi connectivity index (χ0n) is 6.10. The van der Waals surface area contributed by atoms with E-state index in [9.17, 15) is 18.0 Å². The van der Waals surface area contributed by atoms with Gasteiger partial charge in [-0.05, 0) is 17.7 Å². The summed E-state index contributed by atoms with van der Waals surface area (Å²) in [4.78, 5) is 13.5. The van der Waals surface area contributed by atoms with Crippen molar-refractivity contribution in [2.45, 2.75) is 6.43 Å². The number of rotatable bonds is 2. The largest absolute Gasteiger partial charge is 0.276 e. The minimum absolute atomic E-state index is 0.252. The Balaban J connectivity index is 3.19. The summed E-state index contributed by atoms with van der Waals surface area (Å²) >= 11 is 4.99. The highest BCUT2D eigenvalue weighted by molar-refractivity contribution is 6.67. The molecule has 1 heterocycles. The minimum Gasteiger partial charge on any atom is -0.276 e. The molecular formula is C7H3ClF3NO. The lowest BCUT2D eigenvalue weighted by Gasteiger charge is -2.01. The van der Waals surface area contributed by atoms with Gasteiger partial charge in [-0.25, -0.2) is 13.8 Å². The van der Waals surface area contributed by atoms with E-state index in [4.69, 9.17) is 11.6 Å². The van der Waals surface area contributed by atoms with E-state index >= 15 is 0 Å². The van der Waals surface area contributed by atoms with Gasteiger partial charge in [0, 0.05) is 6.20 Å². The Kier molecular flexibility index (Phi) is 2.87. The van der Waals surface area contributed by atoms with Crippen molar-refractivity contribution in [3.05, 3.63) is 29.3 Å². The number of aromatic nitrogens is 1. The molecule has 70 valence electrons. The van der Waals surface area contributed by atoms with Crippen molar-refractivity contribution in [1.29, 1.82) is 0 Å². The van der Waals surface area contributed by atoms with E-state index < -0.39 is 23.2 Å². The van der Waals surface area contributed by atoms with Gasteiger partial charge in [0.2, 0.25) is 5.95 Å². The Morgan fingerprint density at radius 1 is 1.54 bits per heavy atom. The second-order valence-electron chi connectivity index (χ2n) is 2.18. The van der Waals surface area contributed by atoms with Crippen LogP contribution >= 0.6 is 11.6 Å². The molecule has 0 atom stereocenters. The molecule has 0 spiro atoms. The summed E-state index contributed by atoms with van der Waals surface area (Å²) in [6.07, 6.45) is -2.21. The van der Waals surface area contributed by atoms with Gasteiger partial charge in [0.25, 0.3) is 11.7 Å². The van der Waals surface area contributed by atoms with Crippen molar-refractivity contribution < 1.29 is 18.0 Å². The van der Waals surface area contributed by atoms with Crippen LogP contribution in [0.5, 0.6) is 0 Å². The lowest BCUT2D eigenvalue weighted by Crippen LogP contribution is -1.99. The number of carbonyl (C=O) groups excluding carboxylic acids is 1. The molecule has 0 aliphatic heterocycles. The molecule has 0 N–H and O–H groups in total. The quantitative estimate of drug-likeness (QED) is 0.553. The smallest absolute Gasteiger partial charge is 0.268 e. The van der Waals surface area contributed by atoms with Crippen molar-refractivity contribution in [1.82, 2.24) is 4.98 Å². The zero-order valence-corrected chi connectivity index (χ0v) is 6.86. The van der Waals surface area contributed by atoms with Gasteiger partial charge in [0.15, 0.2) is 0 Å². The predicted octanol–water partition coefficient (Wildman–Crippen LogP) is 2.54. The molecule has 0 radical (unpaired) electrons. The molecule has 0 fully saturated rings. The van der Waals surface area contributed by atoms with Gasteiger partial charge in [-0.1, -0.05) is 0 Å². The van der Waals surface area contributed by atoms with Crippen LogP contribution in [-0.2, 0) is 0 Å². The highest BCUT2D eigenvalue weighted by Gasteiger charge is 2.16. The van der Waals surface area contributed by atoms with Crippen molar-refractivity contribution in [2.24, 2.45) is 0 Å². The number of alkyl halides is 2. The number of carbonyl (C=O) groups is 1. The third kappa shape index (κ3) is 2.18. The van der Waals surface area contributed by atoms with Crippen molar-refractivity contribution >= 4 is 16.8 Å². The number of hydrogen-bond donors (Lipinski definition) is 0. The van der Waals surface area contributed by atoms with Gasteiger partial charge in [-0.15, -0.1) is 0 Å². The highest BCUT2D eigenvalue weighted by atomic mass is 35.5. The molecule has 0 aromatic carbocycles.